The van der Waals surface area contributed by atoms with Crippen molar-refractivity contribution < 1.29 is 19.1 Å². The van der Waals surface area contributed by atoms with Crippen molar-refractivity contribution >= 4 is 12.0 Å². The molecule has 1 saturated heterocycles. The molecule has 7 nitrogen and oxygen atoms in total. The van der Waals surface area contributed by atoms with Crippen molar-refractivity contribution in [2.45, 2.75) is 46.3 Å². The molecular formula is C24H35N3O4. The molecule has 4 rings (SSSR count). The Bertz CT molecular complexity index is 868. The molecule has 2 aliphatic heterocycles. The van der Waals surface area contributed by atoms with E-state index in [0.717, 1.165) is 48.5 Å². The maximum absolute atomic E-state index is 13.0. The normalized spacial score (nSPS) is 33.7. The largest absolute Gasteiger partial charge is 0.443 e. The van der Waals surface area contributed by atoms with Gasteiger partial charge in [0.1, 0.15) is 12.2 Å². The predicted molar refractivity (Wildman–Crippen MR) is 118 cm³/mol. The third-order valence-corrected chi connectivity index (χ3v) is 8.00. The van der Waals surface area contributed by atoms with Gasteiger partial charge in [-0.2, -0.15) is 0 Å². The number of amides is 2. The number of hydrogen-bond acceptors (Lipinski definition) is 5. The van der Waals surface area contributed by atoms with Gasteiger partial charge in [-0.1, -0.05) is 20.8 Å². The lowest BCUT2D eigenvalue weighted by molar-refractivity contribution is -0.123. The van der Waals surface area contributed by atoms with Crippen molar-refractivity contribution in [3.05, 3.63) is 34.6 Å². The number of nitrogens with zero attached hydrogens (tertiary/aromatic N) is 3. The number of allylic oxidation sites excluding steroid dienone is 3. The van der Waals surface area contributed by atoms with E-state index in [1.54, 1.807) is 12.0 Å². The summed E-state index contributed by atoms with van der Waals surface area (Å²) in [6.07, 6.45) is 4.02. The van der Waals surface area contributed by atoms with Gasteiger partial charge in [-0.15, -0.1) is 0 Å². The average molecular weight is 430 g/mol. The summed E-state index contributed by atoms with van der Waals surface area (Å²) in [5.74, 6) is 0.103. The van der Waals surface area contributed by atoms with Crippen molar-refractivity contribution in [1.29, 1.82) is 0 Å². The minimum absolute atomic E-state index is 0.0393. The topological polar surface area (TPSA) is 62.3 Å². The molecule has 1 fully saturated rings. The van der Waals surface area contributed by atoms with Gasteiger partial charge in [0.2, 0.25) is 0 Å². The Morgan fingerprint density at radius 3 is 2.55 bits per heavy atom. The number of carbonyl (C=O) groups excluding carboxylic acids is 2. The van der Waals surface area contributed by atoms with Crippen LogP contribution in [-0.2, 0) is 14.3 Å². The van der Waals surface area contributed by atoms with E-state index in [4.69, 9.17) is 9.47 Å². The first kappa shape index (κ1) is 22.1. The number of methoxy groups -OCH3 is 1. The average Bonchev–Trinajstić information content (AvgIpc) is 2.98. The SMILES string of the molecule is CCN1CCN(C(=O)O[C@H]2[C@H](OC)C=C3C=C4C(=C(C)C(=O)N4C)C[C@]3(C)[C@H]2C)CC1. The third kappa shape index (κ3) is 3.52. The second kappa shape index (κ2) is 8.10. The van der Waals surface area contributed by atoms with Crippen molar-refractivity contribution in [2.24, 2.45) is 11.3 Å². The first-order chi connectivity index (χ1) is 14.7. The number of rotatable bonds is 3. The van der Waals surface area contributed by atoms with Crippen LogP contribution in [0.4, 0.5) is 4.79 Å². The fourth-order valence-corrected chi connectivity index (χ4v) is 5.46. The quantitative estimate of drug-likeness (QED) is 0.690. The van der Waals surface area contributed by atoms with E-state index >= 15 is 0 Å². The first-order valence-electron chi connectivity index (χ1n) is 11.3. The van der Waals surface area contributed by atoms with E-state index < -0.39 is 0 Å². The molecule has 0 spiro atoms. The lowest BCUT2D eigenvalue weighted by Gasteiger charge is -2.49. The van der Waals surface area contributed by atoms with Gasteiger partial charge in [0.05, 0.1) is 0 Å². The van der Waals surface area contributed by atoms with Gasteiger partial charge in [0.25, 0.3) is 5.91 Å². The number of piperazine rings is 1. The van der Waals surface area contributed by atoms with Crippen LogP contribution in [0.5, 0.6) is 0 Å². The summed E-state index contributed by atoms with van der Waals surface area (Å²) in [7, 11) is 3.49. The lowest BCUT2D eigenvalue weighted by atomic mass is 9.59. The third-order valence-electron chi connectivity index (χ3n) is 8.00. The molecule has 7 heteroatoms. The van der Waals surface area contributed by atoms with E-state index in [9.17, 15) is 9.59 Å². The van der Waals surface area contributed by atoms with Gasteiger partial charge in [0, 0.05) is 62.9 Å². The Morgan fingerprint density at radius 2 is 1.94 bits per heavy atom. The molecule has 4 aliphatic rings. The second-order valence-corrected chi connectivity index (χ2v) is 9.47. The highest BCUT2D eigenvalue weighted by atomic mass is 16.6. The number of ether oxygens (including phenoxy) is 2. The van der Waals surface area contributed by atoms with Crippen molar-refractivity contribution in [3.8, 4) is 0 Å². The first-order valence-corrected chi connectivity index (χ1v) is 11.3. The van der Waals surface area contributed by atoms with Gasteiger partial charge in [0.15, 0.2) is 0 Å². The highest BCUT2D eigenvalue weighted by molar-refractivity contribution is 6.00. The zero-order valence-electron chi connectivity index (χ0n) is 19.6. The number of fused-ring (bicyclic) bond motifs is 2. The molecule has 0 aromatic carbocycles. The summed E-state index contributed by atoms with van der Waals surface area (Å²) in [6, 6.07) is 0. The van der Waals surface area contributed by atoms with E-state index in [-0.39, 0.29) is 35.5 Å². The number of hydrogen-bond donors (Lipinski definition) is 0. The molecule has 170 valence electrons. The molecule has 0 saturated carbocycles. The maximum Gasteiger partial charge on any atom is 0.410 e. The van der Waals surface area contributed by atoms with Crippen molar-refractivity contribution in [3.63, 3.8) is 0 Å². The minimum atomic E-state index is -0.374. The predicted octanol–water partition coefficient (Wildman–Crippen LogP) is 2.80. The van der Waals surface area contributed by atoms with Crippen LogP contribution in [0.1, 0.15) is 34.1 Å². The summed E-state index contributed by atoms with van der Waals surface area (Å²) in [4.78, 5) is 31.4. The van der Waals surface area contributed by atoms with Gasteiger partial charge < -0.3 is 24.2 Å². The van der Waals surface area contributed by atoms with Crippen LogP contribution >= 0.6 is 0 Å². The monoisotopic (exact) mass is 429 g/mol. The van der Waals surface area contributed by atoms with Crippen LogP contribution in [0.3, 0.4) is 0 Å². The number of likely N-dealkylation sites (N-methyl/N-ethyl adjacent to an activating group) is 2. The smallest absolute Gasteiger partial charge is 0.410 e. The molecule has 0 aromatic rings. The fraction of sp³-hybridized carbons (Fsp3) is 0.667. The molecule has 31 heavy (non-hydrogen) atoms. The zero-order valence-corrected chi connectivity index (χ0v) is 19.6. The van der Waals surface area contributed by atoms with Crippen LogP contribution in [0.2, 0.25) is 0 Å². The summed E-state index contributed by atoms with van der Waals surface area (Å²) >= 11 is 0. The van der Waals surface area contributed by atoms with Crippen LogP contribution < -0.4 is 0 Å². The lowest BCUT2D eigenvalue weighted by Crippen LogP contribution is -2.53. The summed E-state index contributed by atoms with van der Waals surface area (Å²) in [5, 5.41) is 0. The molecule has 2 heterocycles. The highest BCUT2D eigenvalue weighted by Crippen LogP contribution is 2.54. The standard InChI is InChI=1S/C24H35N3O4/c1-7-26-8-10-27(11-9-26)23(29)31-21-16(3)24(4)14-18-15(2)22(28)25(5)19(18)12-17(24)13-20(21)30-6/h12-13,16,20-21H,7-11,14H2,1-6H3/t16-,20+,21+,24+/m0/s1. The van der Waals surface area contributed by atoms with E-state index in [1.807, 2.05) is 18.9 Å². The molecule has 0 aromatic heterocycles. The summed E-state index contributed by atoms with van der Waals surface area (Å²) < 4.78 is 11.9. The molecule has 0 N–H and O–H groups in total. The van der Waals surface area contributed by atoms with Crippen molar-refractivity contribution in [1.82, 2.24) is 14.7 Å². The Balaban J connectivity index is 1.59. The minimum Gasteiger partial charge on any atom is -0.443 e. The molecule has 2 amide bonds. The van der Waals surface area contributed by atoms with E-state index in [1.165, 1.54) is 0 Å². The Hall–Kier alpha value is -2.12. The molecule has 4 atom stereocenters. The van der Waals surface area contributed by atoms with Crippen LogP contribution in [0.25, 0.3) is 0 Å². The molecule has 2 aliphatic carbocycles. The second-order valence-electron chi connectivity index (χ2n) is 9.47. The van der Waals surface area contributed by atoms with Gasteiger partial charge >= 0.3 is 6.09 Å². The van der Waals surface area contributed by atoms with Crippen molar-refractivity contribution in [2.75, 3.05) is 46.9 Å². The highest BCUT2D eigenvalue weighted by Gasteiger charge is 2.51. The number of carbonyl (C=O) groups is 2. The molecule has 0 radical (unpaired) electrons. The maximum atomic E-state index is 13.0. The Morgan fingerprint density at radius 1 is 1.26 bits per heavy atom. The van der Waals surface area contributed by atoms with Crippen LogP contribution in [0, 0.1) is 11.3 Å². The molecule has 0 unspecified atom stereocenters. The Labute approximate surface area is 185 Å². The Kier molecular flexibility index (Phi) is 5.77. The zero-order chi connectivity index (χ0) is 22.5. The van der Waals surface area contributed by atoms with Gasteiger partial charge in [-0.3, -0.25) is 4.79 Å². The van der Waals surface area contributed by atoms with Crippen LogP contribution in [0.15, 0.2) is 34.6 Å². The van der Waals surface area contributed by atoms with E-state index in [0.29, 0.717) is 13.1 Å². The molecular weight excluding hydrogens is 394 g/mol. The molecule has 0 bridgehead atoms. The summed E-state index contributed by atoms with van der Waals surface area (Å²) in [5.41, 5.74) is 3.83. The van der Waals surface area contributed by atoms with Gasteiger partial charge in [-0.25, -0.2) is 4.79 Å². The van der Waals surface area contributed by atoms with Gasteiger partial charge in [-0.05, 0) is 43.2 Å². The van der Waals surface area contributed by atoms with E-state index in [2.05, 4.69) is 37.8 Å². The fourth-order valence-electron chi connectivity index (χ4n) is 5.46. The van der Waals surface area contributed by atoms with Crippen LogP contribution in [-0.4, -0.2) is 85.8 Å². The summed E-state index contributed by atoms with van der Waals surface area (Å²) in [6.45, 7) is 12.5.